The zero-order chi connectivity index (χ0) is 19.6. The number of halogens is 2. The van der Waals surface area contributed by atoms with E-state index in [0.717, 1.165) is 12.1 Å². The molecule has 1 saturated heterocycles. The first-order chi connectivity index (χ1) is 12.7. The molecule has 0 bridgehead atoms. The van der Waals surface area contributed by atoms with E-state index >= 15 is 0 Å². The number of carbonyl (C=O) groups excluding carboxylic acids is 2. The van der Waals surface area contributed by atoms with E-state index in [1.807, 2.05) is 0 Å². The molecule has 1 aliphatic heterocycles. The third kappa shape index (κ3) is 4.49. The lowest BCUT2D eigenvalue weighted by atomic mass is 10.1. The highest BCUT2D eigenvalue weighted by Crippen LogP contribution is 2.28. The van der Waals surface area contributed by atoms with Gasteiger partial charge in [-0.3, -0.25) is 0 Å². The predicted octanol–water partition coefficient (Wildman–Crippen LogP) is 3.76. The molecule has 0 atom stereocenters. The number of cyclic esters (lactones) is 2. The van der Waals surface area contributed by atoms with Crippen molar-refractivity contribution in [3.63, 3.8) is 0 Å². The van der Waals surface area contributed by atoms with Gasteiger partial charge in [0.15, 0.2) is 0 Å². The quantitative estimate of drug-likeness (QED) is 0.463. The second-order valence-electron chi connectivity index (χ2n) is 6.34. The molecule has 0 N–H and O–H groups in total. The van der Waals surface area contributed by atoms with E-state index in [0.29, 0.717) is 5.56 Å². The summed E-state index contributed by atoms with van der Waals surface area (Å²) in [4.78, 5) is 24.1. The average Bonchev–Trinajstić information content (AvgIpc) is 2.57. The summed E-state index contributed by atoms with van der Waals surface area (Å²) in [5, 5.41) is 0. The smallest absolute Gasteiger partial charge is 0.348 e. The molecule has 0 amide bonds. The van der Waals surface area contributed by atoms with Crippen LogP contribution in [0.2, 0.25) is 0 Å². The number of benzene rings is 2. The first-order valence-corrected chi connectivity index (χ1v) is 8.09. The third-order valence-electron chi connectivity index (χ3n) is 3.68. The Labute approximate surface area is 154 Å². The summed E-state index contributed by atoms with van der Waals surface area (Å²) in [6.45, 7) is 2.84. The molecule has 2 aromatic carbocycles. The fraction of sp³-hybridized carbons (Fsp3) is 0.200. The Kier molecular flexibility index (Phi) is 4.94. The number of rotatable bonds is 4. The molecule has 5 nitrogen and oxygen atoms in total. The minimum atomic E-state index is -1.36. The van der Waals surface area contributed by atoms with Crippen molar-refractivity contribution >= 4 is 18.0 Å². The Bertz CT molecular complexity index is 912. The molecule has 2 aromatic rings. The van der Waals surface area contributed by atoms with Crippen molar-refractivity contribution in [2.24, 2.45) is 0 Å². The second-order valence-corrected chi connectivity index (χ2v) is 6.34. The minimum Gasteiger partial charge on any atom is -0.488 e. The minimum absolute atomic E-state index is 0.0285. The normalized spacial score (nSPS) is 15.8. The summed E-state index contributed by atoms with van der Waals surface area (Å²) in [5.41, 5.74) is 0.476. The first kappa shape index (κ1) is 18.6. The van der Waals surface area contributed by atoms with E-state index < -0.39 is 29.4 Å². The highest BCUT2D eigenvalue weighted by atomic mass is 19.1. The van der Waals surface area contributed by atoms with Crippen molar-refractivity contribution in [1.82, 2.24) is 0 Å². The molecule has 1 heterocycles. The fourth-order valence-electron chi connectivity index (χ4n) is 2.47. The van der Waals surface area contributed by atoms with Crippen LogP contribution in [-0.2, 0) is 25.7 Å². The summed E-state index contributed by atoms with van der Waals surface area (Å²) >= 11 is 0. The van der Waals surface area contributed by atoms with Crippen LogP contribution in [0.4, 0.5) is 8.78 Å². The molecule has 1 fully saturated rings. The van der Waals surface area contributed by atoms with Gasteiger partial charge in [0.25, 0.3) is 5.79 Å². The van der Waals surface area contributed by atoms with Crippen LogP contribution in [0.25, 0.3) is 6.08 Å². The van der Waals surface area contributed by atoms with Gasteiger partial charge in [-0.05, 0) is 35.9 Å². The van der Waals surface area contributed by atoms with Gasteiger partial charge >= 0.3 is 11.9 Å². The lowest BCUT2D eigenvalue weighted by molar-refractivity contribution is -0.222. The summed E-state index contributed by atoms with van der Waals surface area (Å²) in [5.74, 6) is -3.97. The number of carbonyl (C=O) groups is 2. The molecule has 3 rings (SSSR count). The maximum absolute atomic E-state index is 13.6. The molecule has 0 aromatic heterocycles. The Morgan fingerprint density at radius 2 is 1.67 bits per heavy atom. The van der Waals surface area contributed by atoms with Crippen LogP contribution in [0.15, 0.2) is 48.0 Å². The second kappa shape index (κ2) is 7.19. The summed E-state index contributed by atoms with van der Waals surface area (Å²) in [6.07, 6.45) is 1.21. The molecule has 0 spiro atoms. The van der Waals surface area contributed by atoms with Crippen LogP contribution >= 0.6 is 0 Å². The largest absolute Gasteiger partial charge is 0.488 e. The number of ether oxygens (including phenoxy) is 3. The maximum Gasteiger partial charge on any atom is 0.348 e. The SMILES string of the molecule is CC1(C)OC(=O)C(=Cc2ccc(F)cc2OCc2cccc(F)c2)C(=O)O1. The van der Waals surface area contributed by atoms with Gasteiger partial charge < -0.3 is 14.2 Å². The monoisotopic (exact) mass is 374 g/mol. The zero-order valence-corrected chi connectivity index (χ0v) is 14.6. The van der Waals surface area contributed by atoms with Crippen LogP contribution in [-0.4, -0.2) is 17.7 Å². The van der Waals surface area contributed by atoms with Gasteiger partial charge in [-0.2, -0.15) is 0 Å². The van der Waals surface area contributed by atoms with E-state index in [1.54, 1.807) is 6.07 Å². The van der Waals surface area contributed by atoms with E-state index in [-0.39, 0.29) is 23.5 Å². The van der Waals surface area contributed by atoms with Crippen LogP contribution < -0.4 is 4.74 Å². The summed E-state index contributed by atoms with van der Waals surface area (Å²) in [6, 6.07) is 9.37. The number of hydrogen-bond donors (Lipinski definition) is 0. The standard InChI is InChI=1S/C20H16F2O5/c1-20(2)26-18(23)16(19(24)27-20)9-13-6-7-15(22)10-17(13)25-11-12-4-3-5-14(21)8-12/h3-10H,11H2,1-2H3. The van der Waals surface area contributed by atoms with E-state index in [4.69, 9.17) is 14.2 Å². The highest BCUT2D eigenvalue weighted by molar-refractivity contribution is 6.19. The van der Waals surface area contributed by atoms with Gasteiger partial charge in [0.1, 0.15) is 29.6 Å². The average molecular weight is 374 g/mol. The van der Waals surface area contributed by atoms with Gasteiger partial charge in [-0.25, -0.2) is 18.4 Å². The molecule has 7 heteroatoms. The summed E-state index contributed by atoms with van der Waals surface area (Å²) in [7, 11) is 0. The van der Waals surface area contributed by atoms with Crippen molar-refractivity contribution in [1.29, 1.82) is 0 Å². The lowest BCUT2D eigenvalue weighted by Crippen LogP contribution is -2.41. The third-order valence-corrected chi connectivity index (χ3v) is 3.68. The predicted molar refractivity (Wildman–Crippen MR) is 91.4 cm³/mol. The molecule has 0 radical (unpaired) electrons. The molecule has 140 valence electrons. The molecule has 0 saturated carbocycles. The number of esters is 2. The molecule has 27 heavy (non-hydrogen) atoms. The fourth-order valence-corrected chi connectivity index (χ4v) is 2.47. The van der Waals surface area contributed by atoms with E-state index in [1.165, 1.54) is 44.2 Å². The van der Waals surface area contributed by atoms with Crippen molar-refractivity contribution in [3.05, 3.63) is 70.8 Å². The summed E-state index contributed by atoms with van der Waals surface area (Å²) < 4.78 is 42.5. The van der Waals surface area contributed by atoms with Crippen LogP contribution in [0, 0.1) is 11.6 Å². The van der Waals surface area contributed by atoms with Crippen molar-refractivity contribution in [2.45, 2.75) is 26.2 Å². The molecular weight excluding hydrogens is 358 g/mol. The van der Waals surface area contributed by atoms with Crippen LogP contribution in [0.1, 0.15) is 25.0 Å². The number of hydrogen-bond acceptors (Lipinski definition) is 5. The maximum atomic E-state index is 13.6. The molecule has 0 aliphatic carbocycles. The van der Waals surface area contributed by atoms with E-state index in [9.17, 15) is 18.4 Å². The Morgan fingerprint density at radius 1 is 1.00 bits per heavy atom. The zero-order valence-electron chi connectivity index (χ0n) is 14.6. The first-order valence-electron chi connectivity index (χ1n) is 8.09. The van der Waals surface area contributed by atoms with Crippen LogP contribution in [0.3, 0.4) is 0 Å². The topological polar surface area (TPSA) is 61.8 Å². The van der Waals surface area contributed by atoms with Gasteiger partial charge in [0.05, 0.1) is 0 Å². The molecule has 1 aliphatic rings. The van der Waals surface area contributed by atoms with Gasteiger partial charge in [0, 0.05) is 25.5 Å². The van der Waals surface area contributed by atoms with Crippen molar-refractivity contribution < 1.29 is 32.6 Å². The highest BCUT2D eigenvalue weighted by Gasteiger charge is 2.39. The molecule has 0 unspecified atom stereocenters. The van der Waals surface area contributed by atoms with Crippen molar-refractivity contribution in [3.8, 4) is 5.75 Å². The van der Waals surface area contributed by atoms with E-state index in [2.05, 4.69) is 0 Å². The Balaban J connectivity index is 1.88. The van der Waals surface area contributed by atoms with Crippen LogP contribution in [0.5, 0.6) is 5.75 Å². The van der Waals surface area contributed by atoms with Gasteiger partial charge in [-0.15, -0.1) is 0 Å². The Hall–Kier alpha value is -3.22. The van der Waals surface area contributed by atoms with Gasteiger partial charge in [0.2, 0.25) is 0 Å². The van der Waals surface area contributed by atoms with Gasteiger partial charge in [-0.1, -0.05) is 12.1 Å². The molecular formula is C20H16F2O5. The lowest BCUT2D eigenvalue weighted by Gasteiger charge is -2.29. The van der Waals surface area contributed by atoms with Crippen molar-refractivity contribution in [2.75, 3.05) is 0 Å². The Morgan fingerprint density at radius 3 is 2.33 bits per heavy atom.